The number of nitrogens with one attached hydrogen (secondary N) is 2. The average Bonchev–Trinajstić information content (AvgIpc) is 2.60. The molecule has 2 rings (SSSR count). The van der Waals surface area contributed by atoms with Crippen molar-refractivity contribution in [2.24, 2.45) is 0 Å². The van der Waals surface area contributed by atoms with Gasteiger partial charge in [0.15, 0.2) is 0 Å². The molecule has 0 spiro atoms. The molecule has 0 saturated carbocycles. The molecule has 25 heavy (non-hydrogen) atoms. The van der Waals surface area contributed by atoms with Crippen LogP contribution >= 0.6 is 11.6 Å². The number of hydrogen-bond acceptors (Lipinski definition) is 4. The molecule has 0 radical (unpaired) electrons. The van der Waals surface area contributed by atoms with Crippen LogP contribution in [0.5, 0.6) is 0 Å². The van der Waals surface area contributed by atoms with E-state index < -0.39 is 32.3 Å². The van der Waals surface area contributed by atoms with Gasteiger partial charge in [-0.3, -0.25) is 20.4 Å². The van der Waals surface area contributed by atoms with E-state index in [1.54, 1.807) is 0 Å². The molecule has 10 heteroatoms. The second-order valence-corrected chi connectivity index (χ2v) is 7.10. The van der Waals surface area contributed by atoms with Crippen LogP contribution in [0.4, 0.5) is 8.78 Å². The third kappa shape index (κ3) is 4.52. The highest BCUT2D eigenvalue weighted by Gasteiger charge is 2.26. The molecule has 6 nitrogen and oxygen atoms in total. The van der Waals surface area contributed by atoms with E-state index in [1.165, 1.54) is 24.3 Å². The minimum absolute atomic E-state index is 0.0235. The third-order valence-corrected chi connectivity index (χ3v) is 4.73. The molecular formula is C15H11ClF2N2O4S. The molecule has 2 aromatic rings. The van der Waals surface area contributed by atoms with Crippen molar-refractivity contribution in [2.75, 3.05) is 0 Å². The van der Waals surface area contributed by atoms with Gasteiger partial charge in [-0.05, 0) is 48.5 Å². The first-order chi connectivity index (χ1) is 11.7. The van der Waals surface area contributed by atoms with E-state index in [1.807, 2.05) is 0 Å². The van der Waals surface area contributed by atoms with Crippen molar-refractivity contribution >= 4 is 33.3 Å². The normalized spacial score (nSPS) is 11.2. The molecule has 0 heterocycles. The summed E-state index contributed by atoms with van der Waals surface area (Å²) in [5, 5.41) is 0.444. The number of alkyl halides is 2. The van der Waals surface area contributed by atoms with Crippen LogP contribution in [0.2, 0.25) is 5.02 Å². The Morgan fingerprint density at radius 2 is 1.24 bits per heavy atom. The summed E-state index contributed by atoms with van der Waals surface area (Å²) < 4.78 is 47.4. The number of carbonyl (C=O) groups is 2. The monoisotopic (exact) mass is 388 g/mol. The summed E-state index contributed by atoms with van der Waals surface area (Å²) in [6.07, 6.45) is 0. The van der Waals surface area contributed by atoms with Crippen molar-refractivity contribution in [2.45, 2.75) is 10.7 Å². The van der Waals surface area contributed by atoms with Crippen molar-refractivity contribution in [1.29, 1.82) is 0 Å². The summed E-state index contributed by atoms with van der Waals surface area (Å²) in [6.45, 7) is 0. The van der Waals surface area contributed by atoms with E-state index in [-0.39, 0.29) is 11.1 Å². The lowest BCUT2D eigenvalue weighted by Crippen LogP contribution is -2.41. The van der Waals surface area contributed by atoms with Crippen molar-refractivity contribution in [3.63, 3.8) is 0 Å². The molecule has 0 aliphatic carbocycles. The molecule has 132 valence electrons. The Bertz CT molecular complexity index is 885. The van der Waals surface area contributed by atoms with Crippen molar-refractivity contribution < 1.29 is 26.8 Å². The Balaban J connectivity index is 2.01. The lowest BCUT2D eigenvalue weighted by Gasteiger charge is -2.08. The molecule has 0 bridgehead atoms. The Kier molecular flexibility index (Phi) is 5.70. The topological polar surface area (TPSA) is 92.3 Å². The van der Waals surface area contributed by atoms with Gasteiger partial charge in [0.05, 0.1) is 4.90 Å². The zero-order valence-corrected chi connectivity index (χ0v) is 13.9. The van der Waals surface area contributed by atoms with Gasteiger partial charge in [0.1, 0.15) is 0 Å². The first-order valence-electron chi connectivity index (χ1n) is 6.70. The number of hydrogen-bond donors (Lipinski definition) is 2. The molecule has 2 N–H and O–H groups in total. The fourth-order valence-electron chi connectivity index (χ4n) is 1.76. The van der Waals surface area contributed by atoms with Crippen LogP contribution in [0.3, 0.4) is 0 Å². The lowest BCUT2D eigenvalue weighted by atomic mass is 10.2. The predicted molar refractivity (Wildman–Crippen MR) is 86.0 cm³/mol. The van der Waals surface area contributed by atoms with Crippen molar-refractivity contribution in [3.8, 4) is 0 Å². The Hall–Kier alpha value is -2.52. The minimum Gasteiger partial charge on any atom is -0.267 e. The first-order valence-corrected chi connectivity index (χ1v) is 8.62. The van der Waals surface area contributed by atoms with Gasteiger partial charge < -0.3 is 0 Å². The highest BCUT2D eigenvalue weighted by atomic mass is 35.5. The van der Waals surface area contributed by atoms with E-state index in [0.29, 0.717) is 5.02 Å². The summed E-state index contributed by atoms with van der Waals surface area (Å²) in [7, 11) is -4.73. The summed E-state index contributed by atoms with van der Waals surface area (Å²) in [5.41, 5.74) is 4.51. The summed E-state index contributed by atoms with van der Waals surface area (Å²) in [4.78, 5) is 23.1. The molecule has 0 aliphatic rings. The smallest absolute Gasteiger partial charge is 0.267 e. The van der Waals surface area contributed by atoms with E-state index in [9.17, 15) is 26.8 Å². The Morgan fingerprint density at radius 1 is 0.840 bits per heavy atom. The number of sulfone groups is 1. The van der Waals surface area contributed by atoms with Gasteiger partial charge in [0.2, 0.25) is 9.84 Å². The van der Waals surface area contributed by atoms with Crippen molar-refractivity contribution in [1.82, 2.24) is 10.9 Å². The standard InChI is InChI=1S/C15H11ClF2N2O4S/c16-11-5-1-9(2-6-11)13(21)19-20-14(22)10-3-7-12(8-4-10)25(23,24)15(17)18/h1-8,15H,(H,19,21)(H,20,22). The van der Waals surface area contributed by atoms with Gasteiger partial charge in [-0.25, -0.2) is 8.42 Å². The molecule has 0 fully saturated rings. The minimum atomic E-state index is -4.73. The zero-order valence-electron chi connectivity index (χ0n) is 12.4. The summed E-state index contributed by atoms with van der Waals surface area (Å²) in [6, 6.07) is 9.79. The number of halogens is 3. The maximum absolute atomic E-state index is 12.4. The van der Waals surface area contributed by atoms with Crippen LogP contribution < -0.4 is 10.9 Å². The molecule has 2 amide bonds. The molecular weight excluding hydrogens is 378 g/mol. The second-order valence-electron chi connectivity index (χ2n) is 4.75. The van der Waals surface area contributed by atoms with Gasteiger partial charge in [0, 0.05) is 16.1 Å². The quantitative estimate of drug-likeness (QED) is 0.787. The van der Waals surface area contributed by atoms with E-state index in [4.69, 9.17) is 11.6 Å². The zero-order chi connectivity index (χ0) is 18.6. The SMILES string of the molecule is O=C(NNC(=O)c1ccc(S(=O)(=O)C(F)F)cc1)c1ccc(Cl)cc1. The van der Waals surface area contributed by atoms with Crippen LogP contribution in [-0.4, -0.2) is 26.0 Å². The highest BCUT2D eigenvalue weighted by Crippen LogP contribution is 2.18. The fraction of sp³-hybridized carbons (Fsp3) is 0.0667. The van der Waals surface area contributed by atoms with E-state index >= 15 is 0 Å². The van der Waals surface area contributed by atoms with Crippen LogP contribution in [0.15, 0.2) is 53.4 Å². The maximum Gasteiger partial charge on any atom is 0.341 e. The van der Waals surface area contributed by atoms with Crippen LogP contribution in [0.1, 0.15) is 20.7 Å². The summed E-state index contributed by atoms with van der Waals surface area (Å²) >= 11 is 5.70. The van der Waals surface area contributed by atoms with E-state index in [0.717, 1.165) is 24.3 Å². The van der Waals surface area contributed by atoms with E-state index in [2.05, 4.69) is 10.9 Å². The van der Waals surface area contributed by atoms with Crippen LogP contribution in [0.25, 0.3) is 0 Å². The van der Waals surface area contributed by atoms with Gasteiger partial charge in [0.25, 0.3) is 11.8 Å². The number of hydrazine groups is 1. The molecule has 2 aromatic carbocycles. The molecule has 0 atom stereocenters. The van der Waals surface area contributed by atoms with Gasteiger partial charge in [-0.1, -0.05) is 11.6 Å². The van der Waals surface area contributed by atoms with Crippen LogP contribution in [0, 0.1) is 0 Å². The Labute approximate surface area is 146 Å². The third-order valence-electron chi connectivity index (χ3n) is 3.08. The molecule has 0 unspecified atom stereocenters. The number of rotatable bonds is 4. The van der Waals surface area contributed by atoms with Gasteiger partial charge in [-0.15, -0.1) is 0 Å². The maximum atomic E-state index is 12.4. The number of carbonyl (C=O) groups excluding carboxylic acids is 2. The van der Waals surface area contributed by atoms with Crippen LogP contribution in [-0.2, 0) is 9.84 Å². The number of benzene rings is 2. The largest absolute Gasteiger partial charge is 0.341 e. The highest BCUT2D eigenvalue weighted by molar-refractivity contribution is 7.91. The second kappa shape index (κ2) is 7.58. The van der Waals surface area contributed by atoms with Crippen molar-refractivity contribution in [3.05, 3.63) is 64.7 Å². The summed E-state index contributed by atoms with van der Waals surface area (Å²) in [5.74, 6) is -4.89. The van der Waals surface area contributed by atoms with Gasteiger partial charge >= 0.3 is 5.76 Å². The molecule has 0 aromatic heterocycles. The fourth-order valence-corrected chi connectivity index (χ4v) is 2.61. The lowest BCUT2D eigenvalue weighted by molar-refractivity contribution is 0.0846. The first kappa shape index (κ1) is 18.8. The Morgan fingerprint density at radius 3 is 1.64 bits per heavy atom. The molecule has 0 saturated heterocycles. The average molecular weight is 389 g/mol. The number of amides is 2. The molecule has 0 aliphatic heterocycles. The predicted octanol–water partition coefficient (Wildman–Crippen LogP) is 2.41. The van der Waals surface area contributed by atoms with Gasteiger partial charge in [-0.2, -0.15) is 8.78 Å².